The van der Waals surface area contributed by atoms with E-state index < -0.39 is 11.7 Å². The van der Waals surface area contributed by atoms with E-state index in [4.69, 9.17) is 0 Å². The number of thioether (sulfide) groups is 1. The molecule has 0 aliphatic carbocycles. The van der Waals surface area contributed by atoms with Gasteiger partial charge >= 0.3 is 6.18 Å². The Morgan fingerprint density at radius 3 is 1.87 bits per heavy atom. The van der Waals surface area contributed by atoms with Crippen LogP contribution < -0.4 is 5.32 Å². The molecular weight excluding hydrogens is 407 g/mol. The Morgan fingerprint density at radius 2 is 1.37 bits per heavy atom. The standard InChI is InChI=1S/C24H22F3NOS/c25-24(26,27)21-13-11-18(12-14-21)15-16-28-22(29)17-30-23(19-7-3-1-4-8-19)20-9-5-2-6-10-20/h1-14,23H,15-17H2,(H,28,29). The molecule has 3 aromatic carbocycles. The minimum atomic E-state index is -4.34. The van der Waals surface area contributed by atoms with E-state index in [9.17, 15) is 18.0 Å². The van der Waals surface area contributed by atoms with Gasteiger partial charge in [-0.3, -0.25) is 4.79 Å². The van der Waals surface area contributed by atoms with Crippen molar-refractivity contribution in [2.24, 2.45) is 0 Å². The molecule has 0 aliphatic rings. The predicted octanol–water partition coefficient (Wildman–Crippen LogP) is 5.89. The van der Waals surface area contributed by atoms with Crippen molar-refractivity contribution in [3.8, 4) is 0 Å². The number of carbonyl (C=O) groups excluding carboxylic acids is 1. The molecule has 1 N–H and O–H groups in total. The van der Waals surface area contributed by atoms with Crippen LogP contribution in [0.25, 0.3) is 0 Å². The third-order valence-electron chi connectivity index (χ3n) is 4.60. The van der Waals surface area contributed by atoms with Crippen LogP contribution in [0.1, 0.15) is 27.5 Å². The number of hydrogen-bond donors (Lipinski definition) is 1. The fourth-order valence-corrected chi connectivity index (χ4v) is 4.18. The van der Waals surface area contributed by atoms with Crippen LogP contribution in [0, 0.1) is 0 Å². The maximum atomic E-state index is 12.6. The summed E-state index contributed by atoms with van der Waals surface area (Å²) in [5.74, 6) is 0.199. The number of nitrogens with one attached hydrogen (secondary N) is 1. The van der Waals surface area contributed by atoms with Crippen LogP contribution in [-0.4, -0.2) is 18.2 Å². The lowest BCUT2D eigenvalue weighted by atomic mass is 10.0. The molecule has 0 aromatic heterocycles. The molecule has 0 aliphatic heterocycles. The first-order valence-corrected chi connectivity index (χ1v) is 10.6. The Balaban J connectivity index is 1.51. The van der Waals surface area contributed by atoms with Gasteiger partial charge in [-0.15, -0.1) is 11.8 Å². The van der Waals surface area contributed by atoms with Crippen molar-refractivity contribution in [2.45, 2.75) is 17.8 Å². The van der Waals surface area contributed by atoms with Crippen LogP contribution >= 0.6 is 11.8 Å². The predicted molar refractivity (Wildman–Crippen MR) is 115 cm³/mol. The van der Waals surface area contributed by atoms with Gasteiger partial charge in [0.25, 0.3) is 0 Å². The molecule has 0 saturated heterocycles. The number of hydrogen-bond acceptors (Lipinski definition) is 2. The summed E-state index contributed by atoms with van der Waals surface area (Å²) >= 11 is 1.55. The first-order valence-electron chi connectivity index (χ1n) is 9.58. The summed E-state index contributed by atoms with van der Waals surface area (Å²) in [7, 11) is 0. The highest BCUT2D eigenvalue weighted by atomic mass is 32.2. The van der Waals surface area contributed by atoms with E-state index in [2.05, 4.69) is 5.32 Å². The van der Waals surface area contributed by atoms with Gasteiger partial charge in [0.05, 0.1) is 16.6 Å². The largest absolute Gasteiger partial charge is 0.416 e. The van der Waals surface area contributed by atoms with Crippen LogP contribution in [0.5, 0.6) is 0 Å². The lowest BCUT2D eigenvalue weighted by molar-refractivity contribution is -0.137. The van der Waals surface area contributed by atoms with Crippen LogP contribution in [0.3, 0.4) is 0 Å². The van der Waals surface area contributed by atoms with Crippen molar-refractivity contribution in [1.82, 2.24) is 5.32 Å². The molecule has 0 fully saturated rings. The van der Waals surface area contributed by atoms with Crippen molar-refractivity contribution < 1.29 is 18.0 Å². The second kappa shape index (κ2) is 10.3. The van der Waals surface area contributed by atoms with Crippen LogP contribution in [0.2, 0.25) is 0 Å². The van der Waals surface area contributed by atoms with Crippen molar-refractivity contribution >= 4 is 17.7 Å². The second-order valence-corrected chi connectivity index (χ2v) is 7.90. The molecule has 1 amide bonds. The zero-order valence-electron chi connectivity index (χ0n) is 16.2. The number of carbonyl (C=O) groups is 1. The molecule has 6 heteroatoms. The Hall–Kier alpha value is -2.73. The maximum absolute atomic E-state index is 12.6. The first-order chi connectivity index (χ1) is 14.4. The van der Waals surface area contributed by atoms with Gasteiger partial charge in [0, 0.05) is 6.54 Å². The molecule has 0 saturated carbocycles. The summed E-state index contributed by atoms with van der Waals surface area (Å²) in [6.45, 7) is 0.381. The van der Waals surface area contributed by atoms with Crippen molar-refractivity contribution in [1.29, 1.82) is 0 Å². The minimum Gasteiger partial charge on any atom is -0.355 e. The van der Waals surface area contributed by atoms with E-state index in [0.29, 0.717) is 18.7 Å². The maximum Gasteiger partial charge on any atom is 0.416 e. The molecule has 156 valence electrons. The monoisotopic (exact) mass is 429 g/mol. The molecule has 0 radical (unpaired) electrons. The van der Waals surface area contributed by atoms with Gasteiger partial charge in [-0.2, -0.15) is 13.2 Å². The van der Waals surface area contributed by atoms with Gasteiger partial charge in [-0.05, 0) is 35.2 Å². The van der Waals surface area contributed by atoms with E-state index in [1.54, 1.807) is 11.8 Å². The van der Waals surface area contributed by atoms with E-state index in [1.165, 1.54) is 12.1 Å². The highest BCUT2D eigenvalue weighted by Crippen LogP contribution is 2.35. The normalized spacial score (nSPS) is 11.5. The topological polar surface area (TPSA) is 29.1 Å². The van der Waals surface area contributed by atoms with Crippen molar-refractivity contribution in [3.63, 3.8) is 0 Å². The average Bonchev–Trinajstić information content (AvgIpc) is 2.75. The van der Waals surface area contributed by atoms with Gasteiger partial charge < -0.3 is 5.32 Å². The van der Waals surface area contributed by atoms with Crippen molar-refractivity contribution in [2.75, 3.05) is 12.3 Å². The fraction of sp³-hybridized carbons (Fsp3) is 0.208. The van der Waals surface area contributed by atoms with E-state index in [-0.39, 0.29) is 11.2 Å². The minimum absolute atomic E-state index is 0.0491. The Labute approximate surface area is 178 Å². The molecule has 3 rings (SSSR count). The van der Waals surface area contributed by atoms with E-state index in [0.717, 1.165) is 28.8 Å². The molecule has 3 aromatic rings. The van der Waals surface area contributed by atoms with Crippen molar-refractivity contribution in [3.05, 3.63) is 107 Å². The number of amides is 1. The number of benzene rings is 3. The smallest absolute Gasteiger partial charge is 0.355 e. The zero-order chi connectivity index (χ0) is 21.4. The summed E-state index contributed by atoms with van der Waals surface area (Å²) in [4.78, 5) is 12.3. The van der Waals surface area contributed by atoms with Crippen LogP contribution in [-0.2, 0) is 17.4 Å². The lowest BCUT2D eigenvalue weighted by Gasteiger charge is -2.17. The summed E-state index contributed by atoms with van der Waals surface area (Å²) in [6, 6.07) is 25.1. The molecule has 0 atom stereocenters. The van der Waals surface area contributed by atoms with Gasteiger partial charge in [0.2, 0.25) is 5.91 Å². The van der Waals surface area contributed by atoms with E-state index >= 15 is 0 Å². The zero-order valence-corrected chi connectivity index (χ0v) is 17.0. The number of halogens is 3. The molecule has 30 heavy (non-hydrogen) atoms. The number of alkyl halides is 3. The SMILES string of the molecule is O=C(CSC(c1ccccc1)c1ccccc1)NCCc1ccc(C(F)(F)F)cc1. The highest BCUT2D eigenvalue weighted by Gasteiger charge is 2.29. The molecular formula is C24H22F3NOS. The fourth-order valence-electron chi connectivity index (χ4n) is 3.06. The summed E-state index contributed by atoms with van der Waals surface area (Å²) < 4.78 is 37.8. The van der Waals surface area contributed by atoms with Gasteiger partial charge in [-0.25, -0.2) is 0 Å². The van der Waals surface area contributed by atoms with Gasteiger partial charge in [0.1, 0.15) is 0 Å². The molecule has 0 heterocycles. The molecule has 0 unspecified atom stereocenters. The Kier molecular flexibility index (Phi) is 7.57. The van der Waals surface area contributed by atoms with Crippen LogP contribution in [0.4, 0.5) is 13.2 Å². The Morgan fingerprint density at radius 1 is 0.833 bits per heavy atom. The lowest BCUT2D eigenvalue weighted by Crippen LogP contribution is -2.27. The summed E-state index contributed by atoms with van der Waals surface area (Å²) in [5, 5.41) is 2.90. The highest BCUT2D eigenvalue weighted by molar-refractivity contribution is 8.00. The summed E-state index contributed by atoms with van der Waals surface area (Å²) in [5.41, 5.74) is 2.35. The third kappa shape index (κ3) is 6.39. The van der Waals surface area contributed by atoms with E-state index in [1.807, 2.05) is 60.7 Å². The average molecular weight is 430 g/mol. The molecule has 2 nitrogen and oxygen atoms in total. The molecule has 0 bridgehead atoms. The third-order valence-corrected chi connectivity index (χ3v) is 5.91. The Bertz CT molecular complexity index is 889. The van der Waals surface area contributed by atoms with Gasteiger partial charge in [0.15, 0.2) is 0 Å². The molecule has 0 spiro atoms. The first kappa shape index (κ1) is 22.0. The number of rotatable bonds is 8. The quantitative estimate of drug-likeness (QED) is 0.484. The van der Waals surface area contributed by atoms with Crippen LogP contribution in [0.15, 0.2) is 84.9 Å². The van der Waals surface area contributed by atoms with Gasteiger partial charge in [-0.1, -0.05) is 72.8 Å². The summed E-state index contributed by atoms with van der Waals surface area (Å²) in [6.07, 6.45) is -3.85. The second-order valence-electron chi connectivity index (χ2n) is 6.81.